The first-order valence-corrected chi connectivity index (χ1v) is 10.2. The molecule has 0 spiro atoms. The largest absolute Gasteiger partial charge is 0.468 e. The van der Waals surface area contributed by atoms with Crippen molar-refractivity contribution in [1.29, 1.82) is 0 Å². The summed E-state index contributed by atoms with van der Waals surface area (Å²) in [4.78, 5) is 14.4. The molecule has 0 aromatic heterocycles. The zero-order chi connectivity index (χ0) is 19.7. The Kier molecular flexibility index (Phi) is 4.73. The van der Waals surface area contributed by atoms with Crippen LogP contribution in [0.4, 0.5) is 0 Å². The number of hydrogen-bond acceptors (Lipinski definition) is 3. The van der Waals surface area contributed by atoms with E-state index in [9.17, 15) is 9.00 Å². The first-order chi connectivity index (χ1) is 13.6. The summed E-state index contributed by atoms with van der Waals surface area (Å²) in [5.41, 5.74) is 2.69. The second kappa shape index (κ2) is 7.21. The zero-order valence-electron chi connectivity index (χ0n) is 15.6. The lowest BCUT2D eigenvalue weighted by molar-refractivity contribution is -0.145. The minimum Gasteiger partial charge on any atom is -0.468 e. The standard InChI is InChI=1S/C24H20O3S/c1-17(28(26)18-10-4-3-5-11-18)16-24(23(25)27-2)21-14-8-6-12-19(21)20-13-7-9-15-22(20)24/h3-15H,1,16H2,2H3. The SMILES string of the molecule is C=C(CC1(C(=O)OC)c2ccccc2-c2ccccc21)S(=O)c1ccccc1. The molecule has 0 fully saturated rings. The highest BCUT2D eigenvalue weighted by molar-refractivity contribution is 7.89. The van der Waals surface area contributed by atoms with Gasteiger partial charge in [-0.05, 0) is 34.4 Å². The molecular formula is C24H20O3S. The fourth-order valence-electron chi connectivity index (χ4n) is 4.05. The summed E-state index contributed by atoms with van der Waals surface area (Å²) in [6, 6.07) is 24.8. The molecule has 1 unspecified atom stereocenters. The van der Waals surface area contributed by atoms with Crippen LogP contribution >= 0.6 is 0 Å². The second-order valence-corrected chi connectivity index (χ2v) is 8.37. The van der Waals surface area contributed by atoms with Crippen LogP contribution in [0.2, 0.25) is 0 Å². The molecule has 0 saturated carbocycles. The van der Waals surface area contributed by atoms with Gasteiger partial charge in [0.25, 0.3) is 0 Å². The molecule has 3 aromatic carbocycles. The zero-order valence-corrected chi connectivity index (χ0v) is 16.4. The minimum atomic E-state index is -1.42. The van der Waals surface area contributed by atoms with Crippen LogP contribution in [0, 0.1) is 0 Å². The molecule has 4 rings (SSSR count). The van der Waals surface area contributed by atoms with E-state index in [1.165, 1.54) is 7.11 Å². The van der Waals surface area contributed by atoms with Gasteiger partial charge in [-0.3, -0.25) is 4.79 Å². The van der Waals surface area contributed by atoms with Crippen LogP contribution < -0.4 is 0 Å². The monoisotopic (exact) mass is 388 g/mol. The molecule has 1 aliphatic carbocycles. The lowest BCUT2D eigenvalue weighted by Gasteiger charge is -2.29. The molecule has 3 aromatic rings. The summed E-state index contributed by atoms with van der Waals surface area (Å²) >= 11 is 0. The van der Waals surface area contributed by atoms with E-state index in [2.05, 4.69) is 6.58 Å². The van der Waals surface area contributed by atoms with Crippen LogP contribution in [0.15, 0.2) is 95.2 Å². The fraction of sp³-hybridized carbons (Fsp3) is 0.125. The summed E-state index contributed by atoms with van der Waals surface area (Å²) in [5, 5.41) is 0. The highest BCUT2D eigenvalue weighted by Gasteiger charge is 2.50. The van der Waals surface area contributed by atoms with Gasteiger partial charge in [-0.15, -0.1) is 0 Å². The minimum absolute atomic E-state index is 0.217. The fourth-order valence-corrected chi connectivity index (χ4v) is 5.14. The van der Waals surface area contributed by atoms with Crippen LogP contribution in [-0.2, 0) is 25.7 Å². The van der Waals surface area contributed by atoms with Crippen molar-refractivity contribution in [3.63, 3.8) is 0 Å². The topological polar surface area (TPSA) is 43.4 Å². The van der Waals surface area contributed by atoms with E-state index in [4.69, 9.17) is 4.74 Å². The van der Waals surface area contributed by atoms with E-state index in [1.54, 1.807) is 0 Å². The molecule has 1 atom stereocenters. The number of allylic oxidation sites excluding steroid dienone is 1. The van der Waals surface area contributed by atoms with Gasteiger partial charge in [0, 0.05) is 16.2 Å². The molecule has 0 heterocycles. The third-order valence-electron chi connectivity index (χ3n) is 5.28. The van der Waals surface area contributed by atoms with Gasteiger partial charge in [0.2, 0.25) is 0 Å². The van der Waals surface area contributed by atoms with Gasteiger partial charge in [0.1, 0.15) is 5.41 Å². The van der Waals surface area contributed by atoms with E-state index in [0.717, 1.165) is 22.3 Å². The van der Waals surface area contributed by atoms with Gasteiger partial charge in [0.05, 0.1) is 17.9 Å². The average Bonchev–Trinajstić information content (AvgIpc) is 3.04. The van der Waals surface area contributed by atoms with Gasteiger partial charge in [-0.2, -0.15) is 0 Å². The summed E-state index contributed by atoms with van der Waals surface area (Å²) < 4.78 is 18.3. The molecule has 28 heavy (non-hydrogen) atoms. The molecule has 0 saturated heterocycles. The number of hydrogen-bond donors (Lipinski definition) is 0. The number of benzene rings is 3. The first-order valence-electron chi connectivity index (χ1n) is 9.02. The number of rotatable bonds is 5. The van der Waals surface area contributed by atoms with Crippen LogP contribution in [0.25, 0.3) is 11.1 Å². The third-order valence-corrected chi connectivity index (χ3v) is 6.65. The van der Waals surface area contributed by atoms with Gasteiger partial charge in [-0.25, -0.2) is 4.21 Å². The normalized spacial score (nSPS) is 14.6. The quantitative estimate of drug-likeness (QED) is 0.588. The van der Waals surface area contributed by atoms with Crippen molar-refractivity contribution < 1.29 is 13.7 Å². The summed E-state index contributed by atoms with van der Waals surface area (Å²) in [7, 11) is -0.0310. The molecule has 3 nitrogen and oxygen atoms in total. The van der Waals surface area contributed by atoms with E-state index in [0.29, 0.717) is 9.80 Å². The predicted molar refractivity (Wildman–Crippen MR) is 111 cm³/mol. The van der Waals surface area contributed by atoms with Crippen LogP contribution in [0.3, 0.4) is 0 Å². The molecule has 1 aliphatic rings. The Hall–Kier alpha value is -2.98. The molecule has 140 valence electrons. The summed E-state index contributed by atoms with van der Waals surface area (Å²) in [6.45, 7) is 4.09. The molecule has 0 aliphatic heterocycles. The summed E-state index contributed by atoms with van der Waals surface area (Å²) in [5.74, 6) is -0.365. The Balaban J connectivity index is 1.86. The van der Waals surface area contributed by atoms with Crippen molar-refractivity contribution in [2.75, 3.05) is 7.11 Å². The lowest BCUT2D eigenvalue weighted by Crippen LogP contribution is -2.37. The smallest absolute Gasteiger partial charge is 0.321 e. The number of fused-ring (bicyclic) bond motifs is 3. The number of carbonyl (C=O) groups excluding carboxylic acids is 1. The molecule has 0 radical (unpaired) electrons. The van der Waals surface area contributed by atoms with Crippen LogP contribution in [0.5, 0.6) is 0 Å². The van der Waals surface area contributed by atoms with Crippen molar-refractivity contribution in [3.05, 3.63) is 101 Å². The number of esters is 1. The number of methoxy groups -OCH3 is 1. The summed E-state index contributed by atoms with van der Waals surface area (Å²) in [6.07, 6.45) is 0.217. The van der Waals surface area contributed by atoms with Crippen molar-refractivity contribution >= 4 is 16.8 Å². The van der Waals surface area contributed by atoms with Crippen LogP contribution in [-0.4, -0.2) is 17.3 Å². The third kappa shape index (κ3) is 2.72. The Morgan fingerprint density at radius 1 is 0.893 bits per heavy atom. The van der Waals surface area contributed by atoms with E-state index >= 15 is 0 Å². The second-order valence-electron chi connectivity index (χ2n) is 6.79. The first kappa shape index (κ1) is 18.4. The van der Waals surface area contributed by atoms with E-state index in [1.807, 2.05) is 78.9 Å². The van der Waals surface area contributed by atoms with Crippen molar-refractivity contribution in [3.8, 4) is 11.1 Å². The van der Waals surface area contributed by atoms with E-state index < -0.39 is 16.2 Å². The number of ether oxygens (including phenoxy) is 1. The molecule has 4 heteroatoms. The Bertz CT molecular complexity index is 1040. The number of carbonyl (C=O) groups is 1. The lowest BCUT2D eigenvalue weighted by atomic mass is 9.75. The molecule has 0 bridgehead atoms. The molecule has 0 amide bonds. The maximum atomic E-state index is 13.2. The highest BCUT2D eigenvalue weighted by Crippen LogP contribution is 2.52. The van der Waals surface area contributed by atoms with Crippen molar-refractivity contribution in [2.24, 2.45) is 0 Å². The van der Waals surface area contributed by atoms with E-state index in [-0.39, 0.29) is 12.4 Å². The van der Waals surface area contributed by atoms with Crippen molar-refractivity contribution in [1.82, 2.24) is 0 Å². The highest BCUT2D eigenvalue weighted by atomic mass is 32.2. The maximum Gasteiger partial charge on any atom is 0.321 e. The van der Waals surface area contributed by atoms with Gasteiger partial charge < -0.3 is 4.74 Å². The van der Waals surface area contributed by atoms with Crippen LogP contribution in [0.1, 0.15) is 17.5 Å². The van der Waals surface area contributed by atoms with Gasteiger partial charge in [-0.1, -0.05) is 73.3 Å². The van der Waals surface area contributed by atoms with Crippen molar-refractivity contribution in [2.45, 2.75) is 16.7 Å². The Morgan fingerprint density at radius 2 is 1.39 bits per heavy atom. The molecular weight excluding hydrogens is 368 g/mol. The van der Waals surface area contributed by atoms with Gasteiger partial charge >= 0.3 is 5.97 Å². The molecule has 0 N–H and O–H groups in total. The Morgan fingerprint density at radius 3 is 1.93 bits per heavy atom. The predicted octanol–water partition coefficient (Wildman–Crippen LogP) is 4.84. The Labute approximate surface area is 167 Å². The average molecular weight is 388 g/mol. The maximum absolute atomic E-state index is 13.2. The van der Waals surface area contributed by atoms with Gasteiger partial charge in [0.15, 0.2) is 0 Å².